The average Bonchev–Trinajstić information content (AvgIpc) is 2.44. The molecule has 0 aliphatic rings. The third kappa shape index (κ3) is 3.21. The van der Waals surface area contributed by atoms with Crippen LogP contribution in [0, 0.1) is 6.92 Å². The normalized spacial score (nSPS) is 10.6. The Morgan fingerprint density at radius 1 is 1.19 bits per heavy atom. The molecule has 4 heteroatoms. The maximum Gasteiger partial charge on any atom is 0.341 e. The van der Waals surface area contributed by atoms with Crippen LogP contribution in [0.15, 0.2) is 30.3 Å². The monoisotopic (exact) mass is 286 g/mol. The number of carbonyl (C=O) groups is 2. The molecule has 0 bridgehead atoms. The number of aliphatic carboxylic acids is 1. The number of aryl methyl sites for hydroxylation is 1. The molecule has 0 aromatic heterocycles. The van der Waals surface area contributed by atoms with Crippen molar-refractivity contribution in [3.8, 4) is 5.75 Å². The van der Waals surface area contributed by atoms with Gasteiger partial charge in [0.15, 0.2) is 12.4 Å². The number of carboxylic acid groups (broad SMARTS) is 1. The smallest absolute Gasteiger partial charge is 0.341 e. The van der Waals surface area contributed by atoms with Gasteiger partial charge in [-0.3, -0.25) is 4.79 Å². The van der Waals surface area contributed by atoms with Crippen molar-refractivity contribution >= 4 is 22.5 Å². The summed E-state index contributed by atoms with van der Waals surface area (Å²) in [6.07, 6.45) is 1.30. The lowest BCUT2D eigenvalue weighted by Crippen LogP contribution is -2.10. The zero-order valence-corrected chi connectivity index (χ0v) is 12.2. The van der Waals surface area contributed by atoms with Crippen molar-refractivity contribution in [3.63, 3.8) is 0 Å². The molecule has 2 aromatic carbocycles. The van der Waals surface area contributed by atoms with E-state index in [1.54, 1.807) is 6.07 Å². The van der Waals surface area contributed by atoms with Crippen LogP contribution in [-0.2, 0) is 4.79 Å². The number of benzene rings is 2. The fourth-order valence-electron chi connectivity index (χ4n) is 2.46. The zero-order chi connectivity index (χ0) is 15.4. The Balaban J connectivity index is 2.57. The Bertz CT molecular complexity index is 688. The van der Waals surface area contributed by atoms with Gasteiger partial charge < -0.3 is 9.84 Å². The standard InChI is InChI=1S/C17H18O4/c1-3-6-14(18)17-11(2)9-15(21-10-16(19)20)12-7-4-5-8-13(12)17/h4-5,7-9H,3,6,10H2,1-2H3,(H,19,20). The number of hydrogen-bond donors (Lipinski definition) is 1. The number of hydrogen-bond acceptors (Lipinski definition) is 3. The van der Waals surface area contributed by atoms with Crippen LogP contribution in [0.3, 0.4) is 0 Å². The van der Waals surface area contributed by atoms with E-state index in [0.717, 1.165) is 22.8 Å². The number of carboxylic acids is 1. The number of carbonyl (C=O) groups excluding carboxylic acids is 1. The van der Waals surface area contributed by atoms with Crippen molar-refractivity contribution in [2.24, 2.45) is 0 Å². The average molecular weight is 286 g/mol. The maximum atomic E-state index is 12.3. The minimum atomic E-state index is -1.03. The first-order chi connectivity index (χ1) is 10.0. The molecular formula is C17H18O4. The second-order valence-electron chi connectivity index (χ2n) is 4.97. The third-order valence-corrected chi connectivity index (χ3v) is 3.31. The largest absolute Gasteiger partial charge is 0.481 e. The van der Waals surface area contributed by atoms with E-state index in [0.29, 0.717) is 17.7 Å². The summed E-state index contributed by atoms with van der Waals surface area (Å²) in [7, 11) is 0. The molecule has 0 aliphatic carbocycles. The molecule has 0 radical (unpaired) electrons. The summed E-state index contributed by atoms with van der Waals surface area (Å²) < 4.78 is 5.35. The molecule has 0 saturated heterocycles. The number of rotatable bonds is 6. The first-order valence-corrected chi connectivity index (χ1v) is 6.94. The van der Waals surface area contributed by atoms with Crippen molar-refractivity contribution in [3.05, 3.63) is 41.5 Å². The Hall–Kier alpha value is -2.36. The van der Waals surface area contributed by atoms with Gasteiger partial charge in [0, 0.05) is 17.4 Å². The van der Waals surface area contributed by atoms with Crippen molar-refractivity contribution in [1.29, 1.82) is 0 Å². The van der Waals surface area contributed by atoms with Crippen LogP contribution >= 0.6 is 0 Å². The molecule has 0 heterocycles. The fraction of sp³-hybridized carbons (Fsp3) is 0.294. The molecule has 0 aliphatic heterocycles. The molecule has 1 N–H and O–H groups in total. The van der Waals surface area contributed by atoms with Gasteiger partial charge in [-0.15, -0.1) is 0 Å². The predicted octanol–water partition coefficient (Wildman–Crippen LogP) is 3.59. The highest BCUT2D eigenvalue weighted by atomic mass is 16.5. The van der Waals surface area contributed by atoms with Gasteiger partial charge in [0.25, 0.3) is 0 Å². The summed E-state index contributed by atoms with van der Waals surface area (Å²) in [5, 5.41) is 10.3. The van der Waals surface area contributed by atoms with Crippen LogP contribution in [-0.4, -0.2) is 23.5 Å². The highest BCUT2D eigenvalue weighted by Crippen LogP contribution is 2.32. The fourth-order valence-corrected chi connectivity index (χ4v) is 2.46. The number of fused-ring (bicyclic) bond motifs is 1. The first-order valence-electron chi connectivity index (χ1n) is 6.94. The third-order valence-electron chi connectivity index (χ3n) is 3.31. The summed E-state index contributed by atoms with van der Waals surface area (Å²) in [6.45, 7) is 3.43. The van der Waals surface area contributed by atoms with E-state index in [1.807, 2.05) is 38.1 Å². The predicted molar refractivity (Wildman–Crippen MR) is 81.1 cm³/mol. The Labute approximate surface area is 123 Å². The summed E-state index contributed by atoms with van der Waals surface area (Å²) in [5.74, 6) is -0.419. The summed E-state index contributed by atoms with van der Waals surface area (Å²) in [4.78, 5) is 23.0. The number of Topliss-reactive ketones (excluding diaryl/α,β-unsaturated/α-hetero) is 1. The van der Waals surface area contributed by atoms with Gasteiger partial charge in [-0.2, -0.15) is 0 Å². The van der Waals surface area contributed by atoms with Gasteiger partial charge in [-0.25, -0.2) is 4.79 Å². The minimum absolute atomic E-state index is 0.107. The molecule has 0 amide bonds. The number of ether oxygens (including phenoxy) is 1. The van der Waals surface area contributed by atoms with Gasteiger partial charge in [-0.1, -0.05) is 31.2 Å². The van der Waals surface area contributed by atoms with Crippen LogP contribution in [0.2, 0.25) is 0 Å². The van der Waals surface area contributed by atoms with Crippen LogP contribution in [0.4, 0.5) is 0 Å². The summed E-state index contributed by atoms with van der Waals surface area (Å²) in [5.41, 5.74) is 1.52. The Kier molecular flexibility index (Phi) is 4.58. The van der Waals surface area contributed by atoms with E-state index in [2.05, 4.69) is 0 Å². The molecule has 2 rings (SSSR count). The number of ketones is 1. The van der Waals surface area contributed by atoms with E-state index >= 15 is 0 Å². The second-order valence-corrected chi connectivity index (χ2v) is 4.97. The second kappa shape index (κ2) is 6.39. The molecule has 0 fully saturated rings. The summed E-state index contributed by atoms with van der Waals surface area (Å²) in [6, 6.07) is 9.17. The maximum absolute atomic E-state index is 12.3. The summed E-state index contributed by atoms with van der Waals surface area (Å²) >= 11 is 0. The SMILES string of the molecule is CCCC(=O)c1c(C)cc(OCC(=O)O)c2ccccc12. The lowest BCUT2D eigenvalue weighted by Gasteiger charge is -2.14. The van der Waals surface area contributed by atoms with Crippen molar-refractivity contribution in [1.82, 2.24) is 0 Å². The molecule has 0 spiro atoms. The lowest BCUT2D eigenvalue weighted by atomic mass is 9.94. The van der Waals surface area contributed by atoms with E-state index in [4.69, 9.17) is 9.84 Å². The minimum Gasteiger partial charge on any atom is -0.481 e. The highest BCUT2D eigenvalue weighted by Gasteiger charge is 2.16. The van der Waals surface area contributed by atoms with Gasteiger partial charge in [0.1, 0.15) is 5.75 Å². The van der Waals surface area contributed by atoms with Crippen LogP contribution in [0.1, 0.15) is 35.7 Å². The van der Waals surface area contributed by atoms with Crippen molar-refractivity contribution < 1.29 is 19.4 Å². The molecule has 2 aromatic rings. The van der Waals surface area contributed by atoms with Crippen LogP contribution in [0.5, 0.6) is 5.75 Å². The lowest BCUT2D eigenvalue weighted by molar-refractivity contribution is -0.139. The Morgan fingerprint density at radius 2 is 1.86 bits per heavy atom. The van der Waals surface area contributed by atoms with Gasteiger partial charge in [-0.05, 0) is 30.4 Å². The van der Waals surface area contributed by atoms with Crippen molar-refractivity contribution in [2.45, 2.75) is 26.7 Å². The van der Waals surface area contributed by atoms with Crippen LogP contribution in [0.25, 0.3) is 10.8 Å². The molecule has 4 nitrogen and oxygen atoms in total. The zero-order valence-electron chi connectivity index (χ0n) is 12.2. The molecule has 0 saturated carbocycles. The molecule has 21 heavy (non-hydrogen) atoms. The molecule has 110 valence electrons. The van der Waals surface area contributed by atoms with Gasteiger partial charge >= 0.3 is 5.97 Å². The molecule has 0 atom stereocenters. The van der Waals surface area contributed by atoms with Crippen LogP contribution < -0.4 is 4.74 Å². The molecule has 0 unspecified atom stereocenters. The van der Waals surface area contributed by atoms with E-state index in [1.165, 1.54) is 0 Å². The van der Waals surface area contributed by atoms with E-state index < -0.39 is 12.6 Å². The van der Waals surface area contributed by atoms with E-state index in [-0.39, 0.29) is 5.78 Å². The van der Waals surface area contributed by atoms with Crippen molar-refractivity contribution in [2.75, 3.05) is 6.61 Å². The quantitative estimate of drug-likeness (QED) is 0.824. The van der Waals surface area contributed by atoms with Gasteiger partial charge in [0.2, 0.25) is 0 Å². The van der Waals surface area contributed by atoms with Gasteiger partial charge in [0.05, 0.1) is 0 Å². The topological polar surface area (TPSA) is 63.6 Å². The highest BCUT2D eigenvalue weighted by molar-refractivity contribution is 6.10. The molecular weight excluding hydrogens is 268 g/mol. The Morgan fingerprint density at radius 3 is 2.48 bits per heavy atom. The first kappa shape index (κ1) is 15.0. The van der Waals surface area contributed by atoms with E-state index in [9.17, 15) is 9.59 Å².